The van der Waals surface area contributed by atoms with Crippen molar-refractivity contribution in [2.75, 3.05) is 13.7 Å². The summed E-state index contributed by atoms with van der Waals surface area (Å²) in [6.07, 6.45) is 3.56. The molecule has 0 aliphatic heterocycles. The number of halogens is 1. The van der Waals surface area contributed by atoms with Crippen LogP contribution in [0.1, 0.15) is 11.4 Å². The van der Waals surface area contributed by atoms with E-state index in [4.69, 9.17) is 9.47 Å². The van der Waals surface area contributed by atoms with Gasteiger partial charge >= 0.3 is 0 Å². The molecule has 2 aromatic carbocycles. The van der Waals surface area contributed by atoms with Crippen LogP contribution in [0.15, 0.2) is 79.1 Å². The van der Waals surface area contributed by atoms with Crippen LogP contribution in [-0.4, -0.2) is 34.6 Å². The van der Waals surface area contributed by atoms with Gasteiger partial charge in [-0.1, -0.05) is 30.3 Å². The Hall–Kier alpha value is -3.97. The molecule has 174 valence electrons. The van der Waals surface area contributed by atoms with E-state index in [9.17, 15) is 4.79 Å². The largest absolute Gasteiger partial charge is 0.497 e. The van der Waals surface area contributed by atoms with Crippen molar-refractivity contribution in [2.24, 2.45) is 0 Å². The molecule has 0 saturated heterocycles. The predicted molar refractivity (Wildman–Crippen MR) is 133 cm³/mol. The summed E-state index contributed by atoms with van der Waals surface area (Å²) in [5, 5.41) is 2.87. The molecule has 0 aliphatic carbocycles. The highest BCUT2D eigenvalue weighted by Gasteiger charge is 2.12. The summed E-state index contributed by atoms with van der Waals surface area (Å²) in [6.45, 7) is 2.21. The van der Waals surface area contributed by atoms with Crippen LogP contribution in [0.4, 0.5) is 0 Å². The van der Waals surface area contributed by atoms with Crippen LogP contribution in [0, 0.1) is 6.92 Å². The highest BCUT2D eigenvalue weighted by atomic mass is 35.5. The number of amides is 1. The van der Waals surface area contributed by atoms with Gasteiger partial charge in [-0.25, -0.2) is 9.97 Å². The minimum Gasteiger partial charge on any atom is -0.497 e. The molecule has 34 heavy (non-hydrogen) atoms. The lowest BCUT2D eigenvalue weighted by atomic mass is 10.0. The van der Waals surface area contributed by atoms with Crippen LogP contribution in [0.2, 0.25) is 0 Å². The Balaban J connectivity index is 0.00000324. The number of aryl methyl sites for hydroxylation is 1. The van der Waals surface area contributed by atoms with E-state index in [-0.39, 0.29) is 24.9 Å². The molecular weight excluding hydrogens is 452 g/mol. The van der Waals surface area contributed by atoms with E-state index in [1.165, 1.54) is 0 Å². The summed E-state index contributed by atoms with van der Waals surface area (Å²) >= 11 is 0. The second kappa shape index (κ2) is 11.8. The fraction of sp³-hybridized carbons (Fsp3) is 0.154. The second-order valence-corrected chi connectivity index (χ2v) is 7.33. The minimum absolute atomic E-state index is 0. The monoisotopic (exact) mass is 476 g/mol. The number of hydrogen-bond donors (Lipinski definition) is 1. The fourth-order valence-electron chi connectivity index (χ4n) is 3.25. The lowest BCUT2D eigenvalue weighted by Crippen LogP contribution is -2.28. The van der Waals surface area contributed by atoms with Crippen LogP contribution in [0.25, 0.3) is 22.5 Å². The molecule has 1 amide bonds. The molecular formula is C26H25ClN4O3. The summed E-state index contributed by atoms with van der Waals surface area (Å²) < 4.78 is 10.6. The Morgan fingerprint density at radius 1 is 0.941 bits per heavy atom. The number of nitrogens with one attached hydrogen (secondary N) is 1. The number of pyridine rings is 1. The van der Waals surface area contributed by atoms with Crippen molar-refractivity contribution in [3.05, 3.63) is 90.5 Å². The molecule has 4 rings (SSSR count). The first-order chi connectivity index (χ1) is 16.1. The third-order valence-electron chi connectivity index (χ3n) is 5.00. The van der Waals surface area contributed by atoms with Gasteiger partial charge in [0.05, 0.1) is 18.5 Å². The topological polar surface area (TPSA) is 86.2 Å². The Labute approximate surface area is 204 Å². The number of ether oxygens (including phenoxy) is 2. The minimum atomic E-state index is -0.196. The maximum absolute atomic E-state index is 12.2. The van der Waals surface area contributed by atoms with Crippen molar-refractivity contribution in [1.29, 1.82) is 0 Å². The van der Waals surface area contributed by atoms with Gasteiger partial charge in [-0.05, 0) is 48.9 Å². The van der Waals surface area contributed by atoms with Crippen LogP contribution in [-0.2, 0) is 11.3 Å². The summed E-state index contributed by atoms with van der Waals surface area (Å²) in [5.41, 5.74) is 4.45. The Bertz CT molecular complexity index is 1220. The first kappa shape index (κ1) is 24.7. The van der Waals surface area contributed by atoms with Gasteiger partial charge in [0, 0.05) is 30.1 Å². The third-order valence-corrected chi connectivity index (χ3v) is 5.00. The van der Waals surface area contributed by atoms with Gasteiger partial charge in [0.25, 0.3) is 5.91 Å². The van der Waals surface area contributed by atoms with Crippen molar-refractivity contribution in [2.45, 2.75) is 13.5 Å². The number of methoxy groups -OCH3 is 1. The van der Waals surface area contributed by atoms with Gasteiger partial charge in [0.15, 0.2) is 6.61 Å². The molecule has 4 aromatic rings. The lowest BCUT2D eigenvalue weighted by Gasteiger charge is -2.11. The van der Waals surface area contributed by atoms with Crippen molar-refractivity contribution < 1.29 is 14.3 Å². The van der Waals surface area contributed by atoms with E-state index in [0.29, 0.717) is 18.1 Å². The van der Waals surface area contributed by atoms with E-state index in [0.717, 1.165) is 33.8 Å². The van der Waals surface area contributed by atoms with Crippen LogP contribution >= 0.6 is 12.4 Å². The molecule has 0 spiro atoms. The van der Waals surface area contributed by atoms with Gasteiger partial charge in [0.1, 0.15) is 17.3 Å². The molecule has 0 aliphatic rings. The quantitative estimate of drug-likeness (QED) is 0.398. The number of carbonyl (C=O) groups is 1. The Morgan fingerprint density at radius 3 is 2.35 bits per heavy atom. The van der Waals surface area contributed by atoms with E-state index >= 15 is 0 Å². The zero-order valence-electron chi connectivity index (χ0n) is 18.9. The van der Waals surface area contributed by atoms with E-state index < -0.39 is 0 Å². The number of benzene rings is 2. The van der Waals surface area contributed by atoms with Gasteiger partial charge in [-0.15, -0.1) is 12.4 Å². The highest BCUT2D eigenvalue weighted by molar-refractivity contribution is 5.85. The SMILES string of the molecule is COc1ccc(OCC(=O)NCc2ccc(-c3nc(C)ncc3-c3ccccn3)cc2)cc1.Cl. The molecule has 0 bridgehead atoms. The first-order valence-corrected chi connectivity index (χ1v) is 10.5. The number of hydrogen-bond acceptors (Lipinski definition) is 6. The summed E-state index contributed by atoms with van der Waals surface area (Å²) in [6, 6.07) is 20.8. The van der Waals surface area contributed by atoms with Crippen LogP contribution < -0.4 is 14.8 Å². The second-order valence-electron chi connectivity index (χ2n) is 7.33. The molecule has 0 atom stereocenters. The number of carbonyl (C=O) groups excluding carboxylic acids is 1. The smallest absolute Gasteiger partial charge is 0.258 e. The summed E-state index contributed by atoms with van der Waals surface area (Å²) in [5.74, 6) is 1.84. The van der Waals surface area contributed by atoms with Gasteiger partial charge in [0.2, 0.25) is 0 Å². The van der Waals surface area contributed by atoms with Gasteiger partial charge < -0.3 is 14.8 Å². The standard InChI is InChI=1S/C26H24N4O3.ClH/c1-18-28-16-23(24-5-3-4-14-27-24)26(30-18)20-8-6-19(7-9-20)15-29-25(31)17-33-22-12-10-21(32-2)11-13-22;/h3-14,16H,15,17H2,1-2H3,(H,29,31);1H. The summed E-state index contributed by atoms with van der Waals surface area (Å²) in [4.78, 5) is 25.6. The van der Waals surface area contributed by atoms with Crippen LogP contribution in [0.3, 0.4) is 0 Å². The molecule has 2 aromatic heterocycles. The van der Waals surface area contributed by atoms with Crippen molar-refractivity contribution in [1.82, 2.24) is 20.3 Å². The van der Waals surface area contributed by atoms with Crippen molar-refractivity contribution in [3.63, 3.8) is 0 Å². The average molecular weight is 477 g/mol. The molecule has 0 fully saturated rings. The Kier molecular flexibility index (Phi) is 8.54. The molecule has 0 radical (unpaired) electrons. The van der Waals surface area contributed by atoms with E-state index in [1.807, 2.05) is 49.4 Å². The zero-order chi connectivity index (χ0) is 23.0. The fourth-order valence-corrected chi connectivity index (χ4v) is 3.25. The van der Waals surface area contributed by atoms with Crippen LogP contribution in [0.5, 0.6) is 11.5 Å². The molecule has 0 saturated carbocycles. The lowest BCUT2D eigenvalue weighted by molar-refractivity contribution is -0.123. The molecule has 7 nitrogen and oxygen atoms in total. The van der Waals surface area contributed by atoms with Crippen molar-refractivity contribution in [3.8, 4) is 34.0 Å². The first-order valence-electron chi connectivity index (χ1n) is 10.5. The van der Waals surface area contributed by atoms with E-state index in [2.05, 4.69) is 20.3 Å². The predicted octanol–water partition coefficient (Wildman–Crippen LogP) is 4.64. The maximum Gasteiger partial charge on any atom is 0.258 e. The van der Waals surface area contributed by atoms with Gasteiger partial charge in [-0.2, -0.15) is 0 Å². The third kappa shape index (κ3) is 6.30. The normalized spacial score (nSPS) is 10.2. The number of nitrogens with zero attached hydrogens (tertiary/aromatic N) is 3. The maximum atomic E-state index is 12.2. The molecule has 1 N–H and O–H groups in total. The molecule has 0 unspecified atom stereocenters. The highest BCUT2D eigenvalue weighted by Crippen LogP contribution is 2.29. The molecule has 2 heterocycles. The molecule has 8 heteroatoms. The van der Waals surface area contributed by atoms with E-state index in [1.54, 1.807) is 43.8 Å². The zero-order valence-corrected chi connectivity index (χ0v) is 19.7. The number of aromatic nitrogens is 3. The average Bonchev–Trinajstić information content (AvgIpc) is 2.87. The van der Waals surface area contributed by atoms with Crippen molar-refractivity contribution >= 4 is 18.3 Å². The Morgan fingerprint density at radius 2 is 1.68 bits per heavy atom. The van der Waals surface area contributed by atoms with Gasteiger partial charge in [-0.3, -0.25) is 9.78 Å². The summed E-state index contributed by atoms with van der Waals surface area (Å²) in [7, 11) is 1.60. The number of rotatable bonds is 8.